The molecule has 19 heavy (non-hydrogen) atoms. The van der Waals surface area contributed by atoms with Gasteiger partial charge in [-0.1, -0.05) is 27.2 Å². The molecule has 108 valence electrons. The molecular weight excluding hydrogens is 236 g/mol. The Bertz CT molecular complexity index is 400. The van der Waals surface area contributed by atoms with Gasteiger partial charge in [0.1, 0.15) is 5.60 Å². The van der Waals surface area contributed by atoms with Gasteiger partial charge in [-0.15, -0.1) is 0 Å². The van der Waals surface area contributed by atoms with Gasteiger partial charge >= 0.3 is 5.97 Å². The first-order chi connectivity index (χ1) is 8.78. The van der Waals surface area contributed by atoms with Crippen molar-refractivity contribution in [3.05, 3.63) is 0 Å². The van der Waals surface area contributed by atoms with Crippen LogP contribution in [0.1, 0.15) is 72.6 Å². The third-order valence-corrected chi connectivity index (χ3v) is 6.72. The van der Waals surface area contributed by atoms with Gasteiger partial charge in [-0.05, 0) is 55.8 Å². The van der Waals surface area contributed by atoms with Crippen molar-refractivity contribution in [2.24, 2.45) is 22.7 Å². The third kappa shape index (κ3) is 1.86. The predicted octanol–water partition coefficient (Wildman–Crippen LogP) is 4.32. The van der Waals surface area contributed by atoms with Gasteiger partial charge < -0.3 is 4.74 Å². The number of fused-ring (bicyclic) bond motifs is 3. The Labute approximate surface area is 117 Å². The van der Waals surface area contributed by atoms with Crippen LogP contribution in [-0.4, -0.2) is 11.6 Å². The van der Waals surface area contributed by atoms with Gasteiger partial charge in [0, 0.05) is 12.3 Å². The van der Waals surface area contributed by atoms with E-state index in [4.69, 9.17) is 4.74 Å². The molecule has 2 nitrogen and oxygen atoms in total. The standard InChI is InChI=1S/C17H28O2/c1-15(2)9-5-10-16(3)12(15)8-11-17(4)13(16)6-7-14(18)19-17/h12-13H,5-11H2,1-4H3/t12-,13+,16-,17+/m0/s1. The maximum atomic E-state index is 11.7. The average Bonchev–Trinajstić information content (AvgIpc) is 2.25. The van der Waals surface area contributed by atoms with Crippen LogP contribution in [0, 0.1) is 22.7 Å². The maximum absolute atomic E-state index is 11.7. The molecule has 3 aliphatic rings. The van der Waals surface area contributed by atoms with E-state index in [2.05, 4.69) is 27.7 Å². The molecule has 0 amide bonds. The predicted molar refractivity (Wildman–Crippen MR) is 75.7 cm³/mol. The van der Waals surface area contributed by atoms with Crippen LogP contribution in [0.5, 0.6) is 0 Å². The number of carbonyl (C=O) groups is 1. The fourth-order valence-corrected chi connectivity index (χ4v) is 5.94. The molecule has 0 radical (unpaired) electrons. The quantitative estimate of drug-likeness (QED) is 0.609. The Morgan fingerprint density at radius 3 is 2.47 bits per heavy atom. The summed E-state index contributed by atoms with van der Waals surface area (Å²) in [6.07, 6.45) is 7.97. The van der Waals surface area contributed by atoms with Crippen LogP contribution in [-0.2, 0) is 9.53 Å². The highest BCUT2D eigenvalue weighted by atomic mass is 16.6. The largest absolute Gasteiger partial charge is 0.459 e. The molecular formula is C17H28O2. The van der Waals surface area contributed by atoms with Crippen LogP contribution < -0.4 is 0 Å². The summed E-state index contributed by atoms with van der Waals surface area (Å²) in [6, 6.07) is 0. The zero-order valence-corrected chi connectivity index (χ0v) is 12.9. The van der Waals surface area contributed by atoms with E-state index in [0.29, 0.717) is 23.2 Å². The number of ether oxygens (including phenoxy) is 1. The lowest BCUT2D eigenvalue weighted by molar-refractivity contribution is -0.215. The van der Waals surface area contributed by atoms with Crippen molar-refractivity contribution in [3.63, 3.8) is 0 Å². The van der Waals surface area contributed by atoms with Gasteiger partial charge in [-0.25, -0.2) is 0 Å². The van der Waals surface area contributed by atoms with Crippen molar-refractivity contribution < 1.29 is 9.53 Å². The van der Waals surface area contributed by atoms with Crippen LogP contribution in [0.15, 0.2) is 0 Å². The van der Waals surface area contributed by atoms with E-state index < -0.39 is 0 Å². The Morgan fingerprint density at radius 1 is 1.00 bits per heavy atom. The Hall–Kier alpha value is -0.530. The maximum Gasteiger partial charge on any atom is 0.306 e. The molecule has 1 heterocycles. The minimum absolute atomic E-state index is 0.0240. The molecule has 0 aromatic heterocycles. The topological polar surface area (TPSA) is 26.3 Å². The fraction of sp³-hybridized carbons (Fsp3) is 0.941. The van der Waals surface area contributed by atoms with E-state index in [-0.39, 0.29) is 11.6 Å². The molecule has 0 aromatic rings. The van der Waals surface area contributed by atoms with Gasteiger partial charge in [0.25, 0.3) is 0 Å². The van der Waals surface area contributed by atoms with Gasteiger partial charge in [0.05, 0.1) is 0 Å². The number of hydrogen-bond donors (Lipinski definition) is 0. The zero-order chi connectivity index (χ0) is 13.9. The Morgan fingerprint density at radius 2 is 1.74 bits per heavy atom. The third-order valence-electron chi connectivity index (χ3n) is 6.72. The summed E-state index contributed by atoms with van der Waals surface area (Å²) >= 11 is 0. The van der Waals surface area contributed by atoms with Crippen LogP contribution in [0.2, 0.25) is 0 Å². The van der Waals surface area contributed by atoms with Crippen molar-refractivity contribution in [2.45, 2.75) is 78.2 Å². The van der Waals surface area contributed by atoms with Gasteiger partial charge in [0.2, 0.25) is 0 Å². The molecule has 0 aromatic carbocycles. The SMILES string of the molecule is CC1(C)CCC[C@]2(C)[C@H]3CCC(=O)O[C@]3(C)CC[C@@H]12. The number of carbonyl (C=O) groups excluding carboxylic acids is 1. The van der Waals surface area contributed by atoms with E-state index in [0.717, 1.165) is 18.8 Å². The molecule has 2 saturated carbocycles. The summed E-state index contributed by atoms with van der Waals surface area (Å²) in [4.78, 5) is 11.7. The zero-order valence-electron chi connectivity index (χ0n) is 12.9. The molecule has 0 bridgehead atoms. The second kappa shape index (κ2) is 3.99. The van der Waals surface area contributed by atoms with Crippen molar-refractivity contribution in [3.8, 4) is 0 Å². The fourth-order valence-electron chi connectivity index (χ4n) is 5.94. The summed E-state index contributed by atoms with van der Waals surface area (Å²) in [7, 11) is 0. The second-order valence-electron chi connectivity index (χ2n) is 8.32. The van der Waals surface area contributed by atoms with Gasteiger partial charge in [-0.2, -0.15) is 0 Å². The van der Waals surface area contributed by atoms with Crippen LogP contribution >= 0.6 is 0 Å². The lowest BCUT2D eigenvalue weighted by Crippen LogP contribution is -2.60. The van der Waals surface area contributed by atoms with Crippen LogP contribution in [0.3, 0.4) is 0 Å². The van der Waals surface area contributed by atoms with Crippen molar-refractivity contribution >= 4 is 5.97 Å². The highest BCUT2D eigenvalue weighted by molar-refractivity contribution is 5.71. The molecule has 3 rings (SSSR count). The lowest BCUT2D eigenvalue weighted by Gasteiger charge is -2.62. The smallest absolute Gasteiger partial charge is 0.306 e. The van der Waals surface area contributed by atoms with E-state index in [1.165, 1.54) is 25.7 Å². The van der Waals surface area contributed by atoms with Gasteiger partial charge in [0.15, 0.2) is 0 Å². The summed E-state index contributed by atoms with van der Waals surface area (Å²) in [5, 5.41) is 0. The normalized spacial score (nSPS) is 48.9. The summed E-state index contributed by atoms with van der Waals surface area (Å²) in [5.74, 6) is 1.38. The highest BCUT2D eigenvalue weighted by Gasteiger charge is 2.60. The van der Waals surface area contributed by atoms with E-state index in [9.17, 15) is 4.79 Å². The monoisotopic (exact) mass is 264 g/mol. The van der Waals surface area contributed by atoms with Crippen molar-refractivity contribution in [1.29, 1.82) is 0 Å². The highest BCUT2D eigenvalue weighted by Crippen LogP contribution is 2.64. The molecule has 0 spiro atoms. The number of rotatable bonds is 0. The van der Waals surface area contributed by atoms with E-state index >= 15 is 0 Å². The van der Waals surface area contributed by atoms with E-state index in [1.807, 2.05) is 0 Å². The van der Waals surface area contributed by atoms with Crippen LogP contribution in [0.4, 0.5) is 0 Å². The first-order valence-electron chi connectivity index (χ1n) is 8.00. The molecule has 1 saturated heterocycles. The minimum atomic E-state index is -0.187. The molecule has 0 N–H and O–H groups in total. The number of hydrogen-bond acceptors (Lipinski definition) is 2. The first kappa shape index (κ1) is 13.5. The second-order valence-corrected chi connectivity index (χ2v) is 8.32. The molecule has 4 atom stereocenters. The Balaban J connectivity index is 1.97. The van der Waals surface area contributed by atoms with Crippen molar-refractivity contribution in [2.75, 3.05) is 0 Å². The molecule has 0 unspecified atom stereocenters. The van der Waals surface area contributed by atoms with E-state index in [1.54, 1.807) is 0 Å². The molecule has 3 fully saturated rings. The number of esters is 1. The summed E-state index contributed by atoms with van der Waals surface area (Å²) in [6.45, 7) is 9.58. The Kier molecular flexibility index (Phi) is 2.82. The lowest BCUT2D eigenvalue weighted by atomic mass is 9.45. The first-order valence-corrected chi connectivity index (χ1v) is 8.00. The summed E-state index contributed by atoms with van der Waals surface area (Å²) in [5.41, 5.74) is 0.638. The minimum Gasteiger partial charge on any atom is -0.459 e. The van der Waals surface area contributed by atoms with Gasteiger partial charge in [-0.3, -0.25) is 4.79 Å². The van der Waals surface area contributed by atoms with Crippen molar-refractivity contribution in [1.82, 2.24) is 0 Å². The molecule has 2 heteroatoms. The molecule has 1 aliphatic heterocycles. The average molecular weight is 264 g/mol. The molecule has 2 aliphatic carbocycles. The summed E-state index contributed by atoms with van der Waals surface area (Å²) < 4.78 is 5.82. The van der Waals surface area contributed by atoms with Crippen LogP contribution in [0.25, 0.3) is 0 Å².